The molecule has 2 N–H and O–H groups in total. The van der Waals surface area contributed by atoms with Gasteiger partial charge in [-0.1, -0.05) is 44.2 Å². The van der Waals surface area contributed by atoms with Crippen molar-refractivity contribution in [1.29, 1.82) is 0 Å². The fourth-order valence-electron chi connectivity index (χ4n) is 5.16. The molecular formula is C28H31N5O. The number of nitrogens with zero attached hydrogens (tertiary/aromatic N) is 4. The van der Waals surface area contributed by atoms with Crippen molar-refractivity contribution < 1.29 is 4.79 Å². The van der Waals surface area contributed by atoms with E-state index in [1.54, 1.807) is 10.7 Å². The van der Waals surface area contributed by atoms with Crippen LogP contribution in [0.1, 0.15) is 41.2 Å². The summed E-state index contributed by atoms with van der Waals surface area (Å²) in [6, 6.07) is 19.1. The van der Waals surface area contributed by atoms with Gasteiger partial charge in [0.05, 0.1) is 5.69 Å². The third-order valence-corrected chi connectivity index (χ3v) is 6.76. The van der Waals surface area contributed by atoms with Gasteiger partial charge >= 0.3 is 0 Å². The number of hydrogen-bond acceptors (Lipinski definition) is 3. The molecule has 174 valence electrons. The van der Waals surface area contributed by atoms with Gasteiger partial charge in [-0.25, -0.2) is 4.68 Å². The van der Waals surface area contributed by atoms with Crippen molar-refractivity contribution in [3.63, 3.8) is 0 Å². The van der Waals surface area contributed by atoms with E-state index in [0.717, 1.165) is 41.9 Å². The Morgan fingerprint density at radius 2 is 1.85 bits per heavy atom. The van der Waals surface area contributed by atoms with Gasteiger partial charge in [-0.2, -0.15) is 5.10 Å². The quantitative estimate of drug-likeness (QED) is 0.479. The zero-order chi connectivity index (χ0) is 24.0. The van der Waals surface area contributed by atoms with Crippen LogP contribution >= 0.6 is 0 Å². The molecule has 1 amide bonds. The Hall–Kier alpha value is -3.64. The predicted octanol–water partition coefficient (Wildman–Crippen LogP) is 4.64. The van der Waals surface area contributed by atoms with Crippen molar-refractivity contribution in [2.75, 3.05) is 20.1 Å². The average Bonchev–Trinajstić information content (AvgIpc) is 3.37. The van der Waals surface area contributed by atoms with Gasteiger partial charge in [-0.15, -0.1) is 0 Å². The van der Waals surface area contributed by atoms with Crippen LogP contribution in [0.5, 0.6) is 0 Å². The van der Waals surface area contributed by atoms with Crippen molar-refractivity contribution in [3.05, 3.63) is 89.4 Å². The van der Waals surface area contributed by atoms with E-state index in [9.17, 15) is 4.79 Å². The van der Waals surface area contributed by atoms with E-state index in [4.69, 9.17) is 5.73 Å². The van der Waals surface area contributed by atoms with Crippen LogP contribution in [-0.4, -0.2) is 45.3 Å². The number of fused-ring (bicyclic) bond motifs is 1. The van der Waals surface area contributed by atoms with Gasteiger partial charge in [0.2, 0.25) is 0 Å². The molecule has 0 fully saturated rings. The molecule has 6 nitrogen and oxygen atoms in total. The molecule has 0 bridgehead atoms. The fraction of sp³-hybridized carbons (Fsp3) is 0.286. The van der Waals surface area contributed by atoms with E-state index < -0.39 is 5.91 Å². The normalized spacial score (nSPS) is 16.1. The van der Waals surface area contributed by atoms with Gasteiger partial charge in [-0.3, -0.25) is 4.79 Å². The number of aryl methyl sites for hydroxylation is 1. The van der Waals surface area contributed by atoms with Crippen molar-refractivity contribution in [2.45, 2.75) is 27.3 Å². The molecule has 4 aromatic rings. The Balaban J connectivity index is 1.38. The fourth-order valence-corrected chi connectivity index (χ4v) is 5.16. The second-order valence-corrected chi connectivity index (χ2v) is 10.0. The Kier molecular flexibility index (Phi) is 5.41. The Bertz CT molecular complexity index is 1400. The molecule has 0 saturated heterocycles. The number of rotatable bonds is 5. The van der Waals surface area contributed by atoms with Crippen molar-refractivity contribution >= 4 is 22.4 Å². The zero-order valence-electron chi connectivity index (χ0n) is 20.2. The predicted molar refractivity (Wildman–Crippen MR) is 137 cm³/mol. The zero-order valence-corrected chi connectivity index (χ0v) is 20.2. The summed E-state index contributed by atoms with van der Waals surface area (Å²) in [4.78, 5) is 13.8. The van der Waals surface area contributed by atoms with Crippen LogP contribution in [0.2, 0.25) is 0 Å². The number of primary amides is 1. The van der Waals surface area contributed by atoms with Gasteiger partial charge in [0.15, 0.2) is 5.69 Å². The van der Waals surface area contributed by atoms with Gasteiger partial charge < -0.3 is 15.2 Å². The van der Waals surface area contributed by atoms with Crippen LogP contribution < -0.4 is 5.73 Å². The molecule has 0 spiro atoms. The summed E-state index contributed by atoms with van der Waals surface area (Å²) < 4.78 is 4.02. The summed E-state index contributed by atoms with van der Waals surface area (Å²) >= 11 is 0. The minimum Gasteiger partial charge on any atom is -0.364 e. The summed E-state index contributed by atoms with van der Waals surface area (Å²) in [7, 11) is 2.18. The molecule has 0 atom stereocenters. The number of benzene rings is 2. The molecule has 2 aromatic heterocycles. The lowest BCUT2D eigenvalue weighted by atomic mass is 9.77. The molecule has 5 rings (SSSR count). The first-order valence-electron chi connectivity index (χ1n) is 11.7. The molecule has 1 aliphatic rings. The summed E-state index contributed by atoms with van der Waals surface area (Å²) in [5.41, 5.74) is 12.8. The minimum absolute atomic E-state index is 0.147. The lowest BCUT2D eigenvalue weighted by Crippen LogP contribution is -2.36. The second-order valence-electron chi connectivity index (χ2n) is 10.0. The molecule has 0 aliphatic carbocycles. The van der Waals surface area contributed by atoms with E-state index in [1.165, 1.54) is 16.7 Å². The highest BCUT2D eigenvalue weighted by Gasteiger charge is 2.29. The second kappa shape index (κ2) is 8.29. The summed E-state index contributed by atoms with van der Waals surface area (Å²) in [5, 5.41) is 5.48. The standard InChI is InChI=1S/C28H31N5O/c1-19-15-25(27(29)34)30-33(19)23-9-10-26-22(16-23)11-14-32(26)17-20-5-7-21(8-6-20)24-12-13-31(4)18-28(24,2)3/h5-12,14-16H,13,17-18H2,1-4H3,(H2,29,34). The highest BCUT2D eigenvalue weighted by Crippen LogP contribution is 2.37. The highest BCUT2D eigenvalue weighted by atomic mass is 16.1. The first-order valence-corrected chi connectivity index (χ1v) is 11.7. The van der Waals surface area contributed by atoms with Gasteiger partial charge in [-0.05, 0) is 61.0 Å². The largest absolute Gasteiger partial charge is 0.364 e. The lowest BCUT2D eigenvalue weighted by Gasteiger charge is -2.37. The average molecular weight is 454 g/mol. The molecule has 3 heterocycles. The molecule has 0 radical (unpaired) electrons. The molecule has 34 heavy (non-hydrogen) atoms. The SMILES string of the molecule is Cc1cc(C(N)=O)nn1-c1ccc2c(ccn2Cc2ccc(C3=CCN(C)CC3(C)C)cc2)c1. The van der Waals surface area contributed by atoms with Crippen molar-refractivity contribution in [2.24, 2.45) is 11.1 Å². The van der Waals surface area contributed by atoms with E-state index in [0.29, 0.717) is 0 Å². The maximum absolute atomic E-state index is 11.5. The summed E-state index contributed by atoms with van der Waals surface area (Å²) in [6.07, 6.45) is 4.49. The number of hydrogen-bond donors (Lipinski definition) is 1. The van der Waals surface area contributed by atoms with Crippen LogP contribution in [0.25, 0.3) is 22.2 Å². The number of amides is 1. The molecule has 2 aromatic carbocycles. The van der Waals surface area contributed by atoms with Crippen molar-refractivity contribution in [1.82, 2.24) is 19.2 Å². The smallest absolute Gasteiger partial charge is 0.269 e. The van der Waals surface area contributed by atoms with Crippen molar-refractivity contribution in [3.8, 4) is 5.69 Å². The topological polar surface area (TPSA) is 69.1 Å². The van der Waals surface area contributed by atoms with Gasteiger partial charge in [0.1, 0.15) is 0 Å². The molecular weight excluding hydrogens is 422 g/mol. The minimum atomic E-state index is -0.518. The molecule has 0 unspecified atom stereocenters. The van der Waals surface area contributed by atoms with Gasteiger partial charge in [0.25, 0.3) is 5.91 Å². The Morgan fingerprint density at radius 1 is 1.09 bits per heavy atom. The monoisotopic (exact) mass is 453 g/mol. The Labute approximate surface area is 200 Å². The summed E-state index contributed by atoms with van der Waals surface area (Å²) in [5.74, 6) is -0.518. The van der Waals surface area contributed by atoms with E-state index >= 15 is 0 Å². The van der Waals surface area contributed by atoms with E-state index in [1.807, 2.05) is 13.0 Å². The third kappa shape index (κ3) is 4.05. The van der Waals surface area contributed by atoms with E-state index in [2.05, 4.69) is 90.2 Å². The number of likely N-dealkylation sites (N-methyl/N-ethyl adjacent to an activating group) is 1. The maximum atomic E-state index is 11.5. The highest BCUT2D eigenvalue weighted by molar-refractivity contribution is 5.91. The van der Waals surface area contributed by atoms with Crippen LogP contribution in [0.4, 0.5) is 0 Å². The van der Waals surface area contributed by atoms with Crippen LogP contribution in [0.15, 0.2) is 66.9 Å². The molecule has 0 saturated carbocycles. The molecule has 6 heteroatoms. The van der Waals surface area contributed by atoms with Crippen LogP contribution in [-0.2, 0) is 6.54 Å². The van der Waals surface area contributed by atoms with E-state index in [-0.39, 0.29) is 11.1 Å². The number of carbonyl (C=O) groups is 1. The first kappa shape index (κ1) is 22.2. The van der Waals surface area contributed by atoms with Crippen LogP contribution in [0.3, 0.4) is 0 Å². The first-order chi connectivity index (χ1) is 16.2. The van der Waals surface area contributed by atoms with Crippen LogP contribution in [0, 0.1) is 12.3 Å². The van der Waals surface area contributed by atoms with Gasteiger partial charge in [0, 0.05) is 47.8 Å². The summed E-state index contributed by atoms with van der Waals surface area (Å²) in [6.45, 7) is 9.44. The molecule has 1 aliphatic heterocycles. The number of aromatic nitrogens is 3. The number of carbonyl (C=O) groups excluding carboxylic acids is 1. The third-order valence-electron chi connectivity index (χ3n) is 6.76. The number of nitrogens with two attached hydrogens (primary N) is 1. The Morgan fingerprint density at radius 3 is 2.53 bits per heavy atom. The lowest BCUT2D eigenvalue weighted by molar-refractivity contribution is 0.0995. The maximum Gasteiger partial charge on any atom is 0.269 e.